The number of halogens is 1. The van der Waals surface area contributed by atoms with Crippen molar-refractivity contribution in [2.45, 2.75) is 32.2 Å². The van der Waals surface area contributed by atoms with Gasteiger partial charge in [0.2, 0.25) is 5.91 Å². The molecular weight excluding hydrogens is 516 g/mol. The summed E-state index contributed by atoms with van der Waals surface area (Å²) in [7, 11) is 3.36. The highest BCUT2D eigenvalue weighted by atomic mass is 79.9. The standard InChI is InChI=1S/C20H23BrN6O3S2/c1-5-27-15(10-30-14-8-6-13(21)7-9-14)24-25-20(27)31-11-16(28)23-19-22-12(2)17(32-19)18(29)26(3)4/h6-9H,5,10-11H2,1-4H3,(H,22,23,28). The molecule has 12 heteroatoms. The summed E-state index contributed by atoms with van der Waals surface area (Å²) in [6, 6.07) is 7.55. The smallest absolute Gasteiger partial charge is 0.265 e. The Bertz CT molecular complexity index is 1100. The molecular formula is C20H23BrN6O3S2. The Kier molecular flexibility index (Phi) is 8.26. The number of nitrogens with one attached hydrogen (secondary N) is 1. The molecule has 0 saturated heterocycles. The summed E-state index contributed by atoms with van der Waals surface area (Å²) in [6.07, 6.45) is 0. The average molecular weight is 539 g/mol. The number of benzene rings is 1. The predicted molar refractivity (Wildman–Crippen MR) is 128 cm³/mol. The van der Waals surface area contributed by atoms with Crippen LogP contribution in [0.1, 0.15) is 28.1 Å². The number of carbonyl (C=O) groups excluding carboxylic acids is 2. The minimum Gasteiger partial charge on any atom is -0.486 e. The quantitative estimate of drug-likeness (QED) is 0.413. The van der Waals surface area contributed by atoms with Gasteiger partial charge in [-0.25, -0.2) is 4.98 Å². The Morgan fingerprint density at radius 1 is 1.25 bits per heavy atom. The van der Waals surface area contributed by atoms with Crippen molar-refractivity contribution in [3.63, 3.8) is 0 Å². The average Bonchev–Trinajstić information content (AvgIpc) is 3.33. The van der Waals surface area contributed by atoms with Crippen LogP contribution in [0.15, 0.2) is 33.9 Å². The van der Waals surface area contributed by atoms with Gasteiger partial charge in [0, 0.05) is 25.1 Å². The Balaban J connectivity index is 1.57. The largest absolute Gasteiger partial charge is 0.486 e. The van der Waals surface area contributed by atoms with E-state index < -0.39 is 0 Å². The van der Waals surface area contributed by atoms with Crippen LogP contribution < -0.4 is 10.1 Å². The molecule has 170 valence electrons. The van der Waals surface area contributed by atoms with Gasteiger partial charge in [0.25, 0.3) is 5.91 Å². The van der Waals surface area contributed by atoms with E-state index in [-0.39, 0.29) is 24.2 Å². The molecule has 0 aliphatic heterocycles. The number of amides is 2. The van der Waals surface area contributed by atoms with Crippen molar-refractivity contribution in [2.75, 3.05) is 25.2 Å². The van der Waals surface area contributed by atoms with Gasteiger partial charge in [-0.15, -0.1) is 10.2 Å². The maximum absolute atomic E-state index is 12.4. The molecule has 32 heavy (non-hydrogen) atoms. The van der Waals surface area contributed by atoms with Crippen LogP contribution >= 0.6 is 39.0 Å². The molecule has 1 N–H and O–H groups in total. The number of aromatic nitrogens is 4. The van der Waals surface area contributed by atoms with E-state index in [4.69, 9.17) is 4.74 Å². The third-order valence-electron chi connectivity index (χ3n) is 4.27. The first kappa shape index (κ1) is 24.2. The highest BCUT2D eigenvalue weighted by Crippen LogP contribution is 2.25. The lowest BCUT2D eigenvalue weighted by molar-refractivity contribution is -0.113. The molecule has 3 rings (SSSR count). The van der Waals surface area contributed by atoms with Gasteiger partial charge in [-0.05, 0) is 38.1 Å². The summed E-state index contributed by atoms with van der Waals surface area (Å²) in [5, 5.41) is 12.2. The summed E-state index contributed by atoms with van der Waals surface area (Å²) < 4.78 is 8.68. The maximum atomic E-state index is 12.4. The number of aryl methyl sites for hydroxylation is 1. The molecule has 0 spiro atoms. The molecule has 0 atom stereocenters. The van der Waals surface area contributed by atoms with E-state index in [1.807, 2.05) is 35.8 Å². The predicted octanol–water partition coefficient (Wildman–Crippen LogP) is 3.84. The number of carbonyl (C=O) groups is 2. The zero-order chi connectivity index (χ0) is 23.3. The summed E-state index contributed by atoms with van der Waals surface area (Å²) in [4.78, 5) is 30.8. The van der Waals surface area contributed by atoms with Gasteiger partial charge in [0.05, 0.1) is 11.4 Å². The van der Waals surface area contributed by atoms with E-state index >= 15 is 0 Å². The maximum Gasteiger partial charge on any atom is 0.265 e. The topological polar surface area (TPSA) is 102 Å². The number of hydrogen-bond donors (Lipinski definition) is 1. The second kappa shape index (κ2) is 10.9. The number of thiazole rings is 1. The van der Waals surface area contributed by atoms with Crippen LogP contribution in [-0.4, -0.2) is 56.3 Å². The molecule has 2 heterocycles. The van der Waals surface area contributed by atoms with Crippen molar-refractivity contribution in [3.05, 3.63) is 45.1 Å². The second-order valence-corrected chi connectivity index (χ2v) is 9.71. The molecule has 0 saturated carbocycles. The molecule has 3 aromatic rings. The molecule has 0 unspecified atom stereocenters. The number of hydrogen-bond acceptors (Lipinski definition) is 8. The highest BCUT2D eigenvalue weighted by molar-refractivity contribution is 9.10. The van der Waals surface area contributed by atoms with E-state index in [9.17, 15) is 9.59 Å². The molecule has 2 aromatic heterocycles. The first-order chi connectivity index (χ1) is 15.3. The van der Waals surface area contributed by atoms with Crippen molar-refractivity contribution >= 4 is 56.0 Å². The minimum atomic E-state index is -0.231. The number of thioether (sulfide) groups is 1. The van der Waals surface area contributed by atoms with Crippen LogP contribution in [0.2, 0.25) is 0 Å². The van der Waals surface area contributed by atoms with Gasteiger partial charge in [-0.3, -0.25) is 9.59 Å². The lowest BCUT2D eigenvalue weighted by atomic mass is 10.3. The zero-order valence-electron chi connectivity index (χ0n) is 18.1. The van der Waals surface area contributed by atoms with Crippen LogP contribution in [-0.2, 0) is 17.9 Å². The monoisotopic (exact) mass is 538 g/mol. The lowest BCUT2D eigenvalue weighted by Gasteiger charge is -2.09. The fraction of sp³-hybridized carbons (Fsp3) is 0.350. The van der Waals surface area contributed by atoms with Crippen LogP contribution in [0.5, 0.6) is 5.75 Å². The molecule has 0 radical (unpaired) electrons. The van der Waals surface area contributed by atoms with Crippen molar-refractivity contribution in [2.24, 2.45) is 0 Å². The van der Waals surface area contributed by atoms with Gasteiger partial charge < -0.3 is 19.5 Å². The summed E-state index contributed by atoms with van der Waals surface area (Å²) in [6.45, 7) is 4.66. The number of nitrogens with zero attached hydrogens (tertiary/aromatic N) is 5. The van der Waals surface area contributed by atoms with Crippen LogP contribution in [0.25, 0.3) is 0 Å². The molecule has 0 bridgehead atoms. The van der Waals surface area contributed by atoms with E-state index in [0.717, 1.165) is 10.2 Å². The van der Waals surface area contributed by atoms with Crippen LogP contribution in [0.4, 0.5) is 5.13 Å². The molecule has 9 nitrogen and oxygen atoms in total. The van der Waals surface area contributed by atoms with Gasteiger partial charge in [0.1, 0.15) is 17.2 Å². The molecule has 1 aromatic carbocycles. The van der Waals surface area contributed by atoms with Gasteiger partial charge >= 0.3 is 0 Å². The van der Waals surface area contributed by atoms with Crippen molar-refractivity contribution in [1.82, 2.24) is 24.6 Å². The van der Waals surface area contributed by atoms with E-state index in [1.54, 1.807) is 21.0 Å². The van der Waals surface area contributed by atoms with E-state index in [2.05, 4.69) is 36.4 Å². The van der Waals surface area contributed by atoms with E-state index in [0.29, 0.717) is 33.2 Å². The summed E-state index contributed by atoms with van der Waals surface area (Å²) in [5.41, 5.74) is 0.595. The Labute approximate surface area is 202 Å². The lowest BCUT2D eigenvalue weighted by Crippen LogP contribution is -2.21. The number of anilines is 1. The SMILES string of the molecule is CCn1c(COc2ccc(Br)cc2)nnc1SCC(=O)Nc1nc(C)c(C(=O)N(C)C)s1. The number of ether oxygens (including phenoxy) is 1. The third-order valence-corrected chi connectivity index (χ3v) is 6.82. The van der Waals surface area contributed by atoms with Crippen molar-refractivity contribution in [1.29, 1.82) is 0 Å². The normalized spacial score (nSPS) is 10.8. The Morgan fingerprint density at radius 3 is 2.62 bits per heavy atom. The zero-order valence-corrected chi connectivity index (χ0v) is 21.3. The minimum absolute atomic E-state index is 0.135. The van der Waals surface area contributed by atoms with Gasteiger partial charge in [-0.2, -0.15) is 0 Å². The molecule has 2 amide bonds. The van der Waals surface area contributed by atoms with Gasteiger partial charge in [0.15, 0.2) is 16.1 Å². The van der Waals surface area contributed by atoms with Crippen molar-refractivity contribution < 1.29 is 14.3 Å². The summed E-state index contributed by atoms with van der Waals surface area (Å²) in [5.74, 6) is 1.19. The molecule has 0 fully saturated rings. The molecule has 0 aliphatic carbocycles. The van der Waals surface area contributed by atoms with Crippen LogP contribution in [0.3, 0.4) is 0 Å². The second-order valence-electron chi connectivity index (χ2n) is 6.86. The van der Waals surface area contributed by atoms with Crippen molar-refractivity contribution in [3.8, 4) is 5.75 Å². The fourth-order valence-electron chi connectivity index (χ4n) is 2.67. The Hall–Kier alpha value is -2.44. The van der Waals surface area contributed by atoms with Crippen LogP contribution in [0, 0.1) is 6.92 Å². The highest BCUT2D eigenvalue weighted by Gasteiger charge is 2.19. The van der Waals surface area contributed by atoms with Gasteiger partial charge in [-0.1, -0.05) is 39.0 Å². The Morgan fingerprint density at radius 2 is 1.97 bits per heavy atom. The third kappa shape index (κ3) is 6.08. The summed E-state index contributed by atoms with van der Waals surface area (Å²) >= 11 is 5.85. The first-order valence-corrected chi connectivity index (χ1v) is 12.3. The van der Waals surface area contributed by atoms with E-state index in [1.165, 1.54) is 28.0 Å². The first-order valence-electron chi connectivity index (χ1n) is 9.70. The number of rotatable bonds is 9. The molecule has 0 aliphatic rings. The fourth-order valence-corrected chi connectivity index (χ4v) is 4.76.